The molecular weight excluding hydrogens is 262 g/mol. The van der Waals surface area contributed by atoms with Gasteiger partial charge in [0, 0.05) is 10.4 Å². The van der Waals surface area contributed by atoms with Gasteiger partial charge in [0.1, 0.15) is 0 Å². The molecule has 2 rings (SSSR count). The van der Waals surface area contributed by atoms with Crippen LogP contribution < -0.4 is 4.85 Å². The summed E-state index contributed by atoms with van der Waals surface area (Å²) in [4.78, 5) is 11.2. The molecule has 106 valence electrons. The van der Waals surface area contributed by atoms with Crippen LogP contribution in [0.2, 0.25) is 0 Å². The summed E-state index contributed by atoms with van der Waals surface area (Å²) in [6.45, 7) is 5.04. The van der Waals surface area contributed by atoms with E-state index in [4.69, 9.17) is 0 Å². The quantitative estimate of drug-likeness (QED) is 0.299. The van der Waals surface area contributed by atoms with E-state index in [1.54, 1.807) is 51.1 Å². The Kier molecular flexibility index (Phi) is 3.13. The van der Waals surface area contributed by atoms with E-state index < -0.39 is 10.3 Å². The van der Waals surface area contributed by atoms with E-state index in [0.717, 1.165) is 0 Å². The van der Waals surface area contributed by atoms with Gasteiger partial charge in [-0.3, -0.25) is 10.1 Å². The molecule has 7 nitrogen and oxygen atoms in total. The molecule has 1 aromatic heterocycles. The van der Waals surface area contributed by atoms with Crippen LogP contribution in [-0.4, -0.2) is 15.0 Å². The van der Waals surface area contributed by atoms with E-state index in [0.29, 0.717) is 5.56 Å². The predicted molar refractivity (Wildman–Crippen MR) is 71.4 cm³/mol. The van der Waals surface area contributed by atoms with E-state index >= 15 is 0 Å². The molecule has 1 aromatic carbocycles. The molecule has 0 fully saturated rings. The molecule has 2 aromatic rings. The van der Waals surface area contributed by atoms with E-state index in [2.05, 4.69) is 0 Å². The van der Waals surface area contributed by atoms with Gasteiger partial charge in [0.25, 0.3) is 0 Å². The van der Waals surface area contributed by atoms with Crippen molar-refractivity contribution >= 4 is 5.69 Å². The molecule has 0 radical (unpaired) electrons. The molecule has 7 heteroatoms. The molecule has 1 heterocycles. The number of benzene rings is 1. The molecule has 1 N–H and O–H groups in total. The van der Waals surface area contributed by atoms with Crippen molar-refractivity contribution in [3.63, 3.8) is 0 Å². The largest absolute Gasteiger partial charge is 0.593 e. The predicted octanol–water partition coefficient (Wildman–Crippen LogP) is 2.23. The molecule has 0 aliphatic heterocycles. The number of hydrogen-bond acceptors (Lipinski definition) is 4. The average Bonchev–Trinajstić information content (AvgIpc) is 2.63. The van der Waals surface area contributed by atoms with Crippen LogP contribution in [0.1, 0.15) is 26.5 Å². The summed E-state index contributed by atoms with van der Waals surface area (Å²) >= 11 is 0. The van der Waals surface area contributed by atoms with Gasteiger partial charge in [-0.25, -0.2) is 0 Å². The molecule has 20 heavy (non-hydrogen) atoms. The van der Waals surface area contributed by atoms with Gasteiger partial charge in [0.2, 0.25) is 5.69 Å². The van der Waals surface area contributed by atoms with Crippen LogP contribution in [0.25, 0.3) is 11.3 Å². The zero-order valence-electron chi connectivity index (χ0n) is 11.4. The molecule has 0 aliphatic carbocycles. The first-order chi connectivity index (χ1) is 9.25. The number of rotatable bonds is 2. The molecule has 0 aliphatic rings. The highest BCUT2D eigenvalue weighted by molar-refractivity contribution is 5.70. The standard InChI is InChI=1S/C13H15N3O4/c1-13(2,3)12-11(16(19)20)10(14(17)15(12)18)9-7-5-4-6-8-9/h4-8,17H,1-3H3. The van der Waals surface area contributed by atoms with Gasteiger partial charge in [0.05, 0.1) is 10.3 Å². The molecule has 0 unspecified atom stereocenters. The monoisotopic (exact) mass is 277 g/mol. The minimum atomic E-state index is -0.776. The maximum atomic E-state index is 12.1. The second kappa shape index (κ2) is 4.52. The van der Waals surface area contributed by atoms with E-state index in [1.807, 2.05) is 0 Å². The fourth-order valence-corrected chi connectivity index (χ4v) is 2.15. The maximum absolute atomic E-state index is 12.1. The summed E-state index contributed by atoms with van der Waals surface area (Å²) in [5.41, 5.74) is -0.941. The van der Waals surface area contributed by atoms with E-state index in [-0.39, 0.29) is 26.8 Å². The Morgan fingerprint density at radius 3 is 2.25 bits per heavy atom. The highest BCUT2D eigenvalue weighted by atomic mass is 16.6. The van der Waals surface area contributed by atoms with Gasteiger partial charge in [-0.15, -0.1) is 0 Å². The second-order valence-electron chi connectivity index (χ2n) is 5.48. The third-order valence-corrected chi connectivity index (χ3v) is 2.95. The lowest BCUT2D eigenvalue weighted by molar-refractivity contribution is -0.733. The van der Waals surface area contributed by atoms with Crippen LogP contribution in [0.5, 0.6) is 0 Å². The zero-order valence-corrected chi connectivity index (χ0v) is 11.4. The minimum Gasteiger partial charge on any atom is -0.593 e. The van der Waals surface area contributed by atoms with Crippen molar-refractivity contribution in [3.05, 3.63) is 51.3 Å². The van der Waals surface area contributed by atoms with Gasteiger partial charge in [-0.2, -0.15) is 0 Å². The second-order valence-corrected chi connectivity index (χ2v) is 5.48. The summed E-state index contributed by atoms with van der Waals surface area (Å²) in [5, 5.41) is 33.3. The van der Waals surface area contributed by atoms with Gasteiger partial charge in [-0.1, -0.05) is 30.3 Å². The van der Waals surface area contributed by atoms with Gasteiger partial charge >= 0.3 is 11.4 Å². The molecule has 0 saturated heterocycles. The van der Waals surface area contributed by atoms with Crippen molar-refractivity contribution in [1.29, 1.82) is 0 Å². The van der Waals surface area contributed by atoms with Crippen LogP contribution in [0, 0.1) is 15.3 Å². The summed E-state index contributed by atoms with van der Waals surface area (Å²) in [5.74, 6) is 0. The van der Waals surface area contributed by atoms with E-state index in [1.165, 1.54) is 0 Å². The first-order valence-electron chi connectivity index (χ1n) is 6.03. The summed E-state index contributed by atoms with van der Waals surface area (Å²) < 4.78 is 0. The zero-order chi connectivity index (χ0) is 15.1. The number of aromatic nitrogens is 2. The lowest BCUT2D eigenvalue weighted by Gasteiger charge is -2.12. The smallest absolute Gasteiger partial charge is 0.373 e. The average molecular weight is 277 g/mol. The topological polar surface area (TPSA) is 95.2 Å². The molecule has 0 amide bonds. The Balaban J connectivity index is 2.86. The molecular formula is C13H15N3O4. The summed E-state index contributed by atoms with van der Waals surface area (Å²) in [6, 6.07) is 8.30. The number of nitro groups is 1. The number of hydrogen-bond donors (Lipinski definition) is 1. The Morgan fingerprint density at radius 1 is 1.25 bits per heavy atom. The molecule has 0 bridgehead atoms. The lowest BCUT2D eigenvalue weighted by atomic mass is 9.90. The van der Waals surface area contributed by atoms with Crippen molar-refractivity contribution in [1.82, 2.24) is 4.85 Å². The number of nitrogens with zero attached hydrogens (tertiary/aromatic N) is 3. The fourth-order valence-electron chi connectivity index (χ4n) is 2.15. The van der Waals surface area contributed by atoms with E-state index in [9.17, 15) is 20.5 Å². The van der Waals surface area contributed by atoms with Crippen LogP contribution in [-0.2, 0) is 5.41 Å². The normalized spacial score (nSPS) is 11.6. The summed E-state index contributed by atoms with van der Waals surface area (Å²) in [7, 11) is 0. The van der Waals surface area contributed by atoms with Gasteiger partial charge in [-0.05, 0) is 25.6 Å². The Labute approximate surface area is 115 Å². The van der Waals surface area contributed by atoms with Gasteiger partial charge in [0.15, 0.2) is 0 Å². The molecule has 0 spiro atoms. The first-order valence-corrected chi connectivity index (χ1v) is 6.03. The van der Waals surface area contributed by atoms with Crippen LogP contribution in [0.15, 0.2) is 30.3 Å². The maximum Gasteiger partial charge on any atom is 0.373 e. The van der Waals surface area contributed by atoms with Crippen molar-refractivity contribution in [2.75, 3.05) is 0 Å². The third kappa shape index (κ3) is 2.07. The van der Waals surface area contributed by atoms with Crippen molar-refractivity contribution in [2.45, 2.75) is 26.2 Å². The molecule has 0 atom stereocenters. The Hall–Kier alpha value is -2.57. The minimum absolute atomic E-state index is 0.0798. The highest BCUT2D eigenvalue weighted by Crippen LogP contribution is 2.36. The van der Waals surface area contributed by atoms with Crippen LogP contribution >= 0.6 is 0 Å². The third-order valence-electron chi connectivity index (χ3n) is 2.95. The molecule has 0 saturated carbocycles. The lowest BCUT2D eigenvalue weighted by Crippen LogP contribution is -2.43. The van der Waals surface area contributed by atoms with Gasteiger partial charge < -0.3 is 10.4 Å². The Morgan fingerprint density at radius 2 is 1.80 bits per heavy atom. The summed E-state index contributed by atoms with van der Waals surface area (Å²) in [6.07, 6.45) is 0. The Bertz CT molecular complexity index is 656. The van der Waals surface area contributed by atoms with Crippen molar-refractivity contribution in [3.8, 4) is 11.3 Å². The highest BCUT2D eigenvalue weighted by Gasteiger charge is 2.44. The SMILES string of the molecule is CC(C)(C)c1c([N+](=O)[O-])c(-c2ccccc2)n(O)[n+]1[O-]. The van der Waals surface area contributed by atoms with Crippen molar-refractivity contribution < 1.29 is 15.0 Å². The van der Waals surface area contributed by atoms with Crippen LogP contribution in [0.4, 0.5) is 5.69 Å². The van der Waals surface area contributed by atoms with Crippen molar-refractivity contribution in [2.24, 2.45) is 0 Å². The fraction of sp³-hybridized carbons (Fsp3) is 0.308. The van der Waals surface area contributed by atoms with Crippen LogP contribution in [0.3, 0.4) is 0 Å². The first kappa shape index (κ1) is 13.9.